The van der Waals surface area contributed by atoms with E-state index in [1.165, 1.54) is 0 Å². The van der Waals surface area contributed by atoms with Crippen molar-refractivity contribution in [3.63, 3.8) is 0 Å². The summed E-state index contributed by atoms with van der Waals surface area (Å²) in [6.07, 6.45) is 7.70. The molecule has 5 heteroatoms. The molecule has 0 bridgehead atoms. The number of carbonyl (C=O) groups excluding carboxylic acids is 1. The van der Waals surface area contributed by atoms with Crippen LogP contribution < -0.4 is 0 Å². The maximum absolute atomic E-state index is 11.9. The summed E-state index contributed by atoms with van der Waals surface area (Å²) in [6.45, 7) is 1.53. The minimum absolute atomic E-state index is 0.0667. The molecule has 0 aromatic carbocycles. The van der Waals surface area contributed by atoms with E-state index in [1.54, 1.807) is 0 Å². The highest BCUT2D eigenvalue weighted by Crippen LogP contribution is 2.27. The fourth-order valence-electron chi connectivity index (χ4n) is 3.32. The molecule has 2 heterocycles. The van der Waals surface area contributed by atoms with Crippen LogP contribution in [0, 0.1) is 0 Å². The normalized spacial score (nSPS) is 38.4. The lowest BCUT2D eigenvalue weighted by atomic mass is 9.93. The van der Waals surface area contributed by atoms with Crippen LogP contribution in [-0.4, -0.2) is 43.8 Å². The molecular formula is C16H26O5. The fourth-order valence-corrected chi connectivity index (χ4v) is 3.32. The largest absolute Gasteiger partial charge is 0.353 e. The molecule has 3 rings (SSSR count). The quantitative estimate of drug-likeness (QED) is 0.798. The van der Waals surface area contributed by atoms with Crippen LogP contribution in [-0.2, 0) is 23.7 Å². The Balaban J connectivity index is 1.47. The number of hydrogen-bond donors (Lipinski definition) is 0. The zero-order chi connectivity index (χ0) is 14.5. The second-order valence-corrected chi connectivity index (χ2v) is 6.29. The standard InChI is InChI=1S/C16H26O5/c17-12-9-13(20-15-5-1-3-7-18-15)11-14(10-12)21-16-6-2-4-8-19-16/h13-16H,1-11H2/t13-,14-,15?,16?/m1/s1. The molecule has 120 valence electrons. The zero-order valence-corrected chi connectivity index (χ0v) is 12.6. The predicted octanol–water partition coefficient (Wildman–Crippen LogP) is 2.56. The topological polar surface area (TPSA) is 54.0 Å². The van der Waals surface area contributed by atoms with Gasteiger partial charge in [-0.2, -0.15) is 0 Å². The van der Waals surface area contributed by atoms with Crippen LogP contribution in [0.1, 0.15) is 57.8 Å². The third-order valence-electron chi connectivity index (χ3n) is 4.40. The lowest BCUT2D eigenvalue weighted by molar-refractivity contribution is -0.221. The maximum atomic E-state index is 11.9. The van der Waals surface area contributed by atoms with Crippen LogP contribution in [0.5, 0.6) is 0 Å². The third-order valence-corrected chi connectivity index (χ3v) is 4.40. The Morgan fingerprint density at radius 2 is 1.33 bits per heavy atom. The molecule has 1 aliphatic carbocycles. The van der Waals surface area contributed by atoms with Crippen molar-refractivity contribution in [1.29, 1.82) is 0 Å². The van der Waals surface area contributed by atoms with Crippen LogP contribution in [0.2, 0.25) is 0 Å². The number of ether oxygens (including phenoxy) is 4. The Morgan fingerprint density at radius 1 is 0.810 bits per heavy atom. The summed E-state index contributed by atoms with van der Waals surface area (Å²) in [5.41, 5.74) is 0. The van der Waals surface area contributed by atoms with E-state index >= 15 is 0 Å². The average Bonchev–Trinajstić information content (AvgIpc) is 2.48. The van der Waals surface area contributed by atoms with Gasteiger partial charge in [0.1, 0.15) is 5.78 Å². The Morgan fingerprint density at radius 3 is 1.76 bits per heavy atom. The highest BCUT2D eigenvalue weighted by molar-refractivity contribution is 5.80. The van der Waals surface area contributed by atoms with Crippen molar-refractivity contribution in [1.82, 2.24) is 0 Å². The first-order valence-corrected chi connectivity index (χ1v) is 8.35. The van der Waals surface area contributed by atoms with Crippen molar-refractivity contribution < 1.29 is 23.7 Å². The summed E-state index contributed by atoms with van der Waals surface area (Å²) in [4.78, 5) is 11.9. The van der Waals surface area contributed by atoms with Crippen molar-refractivity contribution in [2.45, 2.75) is 82.6 Å². The molecular weight excluding hydrogens is 272 g/mol. The van der Waals surface area contributed by atoms with Gasteiger partial charge in [-0.25, -0.2) is 0 Å². The minimum Gasteiger partial charge on any atom is -0.353 e. The lowest BCUT2D eigenvalue weighted by Gasteiger charge is -2.34. The summed E-state index contributed by atoms with van der Waals surface area (Å²) in [5.74, 6) is 0.225. The molecule has 1 saturated carbocycles. The first kappa shape index (κ1) is 15.4. The third kappa shape index (κ3) is 4.74. The van der Waals surface area contributed by atoms with E-state index < -0.39 is 0 Å². The van der Waals surface area contributed by atoms with Gasteiger partial charge in [-0.1, -0.05) is 0 Å². The average molecular weight is 298 g/mol. The van der Waals surface area contributed by atoms with Gasteiger partial charge < -0.3 is 18.9 Å². The molecule has 4 atom stereocenters. The molecule has 3 fully saturated rings. The molecule has 3 aliphatic rings. The zero-order valence-electron chi connectivity index (χ0n) is 12.6. The molecule has 0 spiro atoms. The number of ketones is 1. The Kier molecular flexibility index (Phi) is 5.63. The summed E-state index contributed by atoms with van der Waals surface area (Å²) in [5, 5.41) is 0. The van der Waals surface area contributed by atoms with Crippen LogP contribution >= 0.6 is 0 Å². The van der Waals surface area contributed by atoms with E-state index in [9.17, 15) is 4.79 Å². The second-order valence-electron chi connectivity index (χ2n) is 6.29. The van der Waals surface area contributed by atoms with E-state index in [1.807, 2.05) is 0 Å². The second kappa shape index (κ2) is 7.68. The van der Waals surface area contributed by atoms with Gasteiger partial charge in [0.05, 0.1) is 12.2 Å². The number of rotatable bonds is 4. The molecule has 0 aromatic heterocycles. The highest BCUT2D eigenvalue weighted by atomic mass is 16.7. The molecule has 5 nitrogen and oxygen atoms in total. The van der Waals surface area contributed by atoms with E-state index in [4.69, 9.17) is 18.9 Å². The SMILES string of the molecule is O=C1C[C@@H](OC2CCCCO2)C[C@H](OC2CCCCO2)C1. The minimum atomic E-state index is -0.138. The molecule has 0 N–H and O–H groups in total. The first-order chi connectivity index (χ1) is 10.3. The Bertz CT molecular complexity index is 304. The van der Waals surface area contributed by atoms with E-state index in [-0.39, 0.29) is 30.6 Å². The molecule has 2 aliphatic heterocycles. The summed E-state index contributed by atoms with van der Waals surface area (Å²) in [7, 11) is 0. The van der Waals surface area contributed by atoms with Gasteiger partial charge in [-0.05, 0) is 38.5 Å². The van der Waals surface area contributed by atoms with Gasteiger partial charge in [0.2, 0.25) is 0 Å². The number of carbonyl (C=O) groups is 1. The van der Waals surface area contributed by atoms with Crippen molar-refractivity contribution in [2.75, 3.05) is 13.2 Å². The van der Waals surface area contributed by atoms with Gasteiger partial charge in [-0.15, -0.1) is 0 Å². The molecule has 21 heavy (non-hydrogen) atoms. The number of hydrogen-bond acceptors (Lipinski definition) is 5. The lowest BCUT2D eigenvalue weighted by Crippen LogP contribution is -2.39. The van der Waals surface area contributed by atoms with Crippen LogP contribution in [0.3, 0.4) is 0 Å². The molecule has 2 unspecified atom stereocenters. The van der Waals surface area contributed by atoms with Gasteiger partial charge in [0.25, 0.3) is 0 Å². The van der Waals surface area contributed by atoms with Gasteiger partial charge in [-0.3, -0.25) is 4.79 Å². The van der Waals surface area contributed by atoms with Gasteiger partial charge >= 0.3 is 0 Å². The van der Waals surface area contributed by atoms with Crippen LogP contribution in [0.25, 0.3) is 0 Å². The monoisotopic (exact) mass is 298 g/mol. The highest BCUT2D eigenvalue weighted by Gasteiger charge is 2.32. The van der Waals surface area contributed by atoms with E-state index in [0.717, 1.165) is 58.2 Å². The van der Waals surface area contributed by atoms with E-state index in [0.29, 0.717) is 12.8 Å². The molecule has 0 amide bonds. The van der Waals surface area contributed by atoms with Crippen molar-refractivity contribution in [3.8, 4) is 0 Å². The molecule has 0 radical (unpaired) electrons. The maximum Gasteiger partial charge on any atom is 0.157 e. The van der Waals surface area contributed by atoms with Crippen LogP contribution in [0.4, 0.5) is 0 Å². The summed E-state index contributed by atoms with van der Waals surface area (Å²) in [6, 6.07) is 0. The molecule has 0 aromatic rings. The van der Waals surface area contributed by atoms with E-state index in [2.05, 4.69) is 0 Å². The van der Waals surface area contributed by atoms with Crippen molar-refractivity contribution >= 4 is 5.78 Å². The summed E-state index contributed by atoms with van der Waals surface area (Å²) < 4.78 is 23.1. The van der Waals surface area contributed by atoms with Crippen LogP contribution in [0.15, 0.2) is 0 Å². The number of Topliss-reactive ketones (excluding diaryl/α,β-unsaturated/α-hetero) is 1. The first-order valence-electron chi connectivity index (χ1n) is 8.35. The Labute approximate surface area is 126 Å². The fraction of sp³-hybridized carbons (Fsp3) is 0.938. The van der Waals surface area contributed by atoms with Gasteiger partial charge in [0, 0.05) is 32.5 Å². The van der Waals surface area contributed by atoms with Gasteiger partial charge in [0.15, 0.2) is 12.6 Å². The summed E-state index contributed by atoms with van der Waals surface area (Å²) >= 11 is 0. The smallest absolute Gasteiger partial charge is 0.157 e. The Hall–Kier alpha value is -0.490. The molecule has 2 saturated heterocycles. The van der Waals surface area contributed by atoms with Crippen molar-refractivity contribution in [3.05, 3.63) is 0 Å². The van der Waals surface area contributed by atoms with Crippen molar-refractivity contribution in [2.24, 2.45) is 0 Å². The predicted molar refractivity (Wildman–Crippen MR) is 75.8 cm³/mol.